The van der Waals surface area contributed by atoms with E-state index in [1.165, 1.54) is 12.3 Å². The van der Waals surface area contributed by atoms with Crippen molar-refractivity contribution in [3.05, 3.63) is 41.8 Å². The number of aromatic amines is 1. The van der Waals surface area contributed by atoms with Crippen LogP contribution in [0.5, 0.6) is 0 Å². The summed E-state index contributed by atoms with van der Waals surface area (Å²) in [6.45, 7) is 0. The first-order valence-electron chi connectivity index (χ1n) is 4.95. The Morgan fingerprint density at radius 1 is 1.37 bits per heavy atom. The quantitative estimate of drug-likeness (QED) is 0.777. The van der Waals surface area contributed by atoms with E-state index in [0.29, 0.717) is 0 Å². The molecule has 0 saturated heterocycles. The normalized spacial score (nSPS) is 11.2. The van der Waals surface area contributed by atoms with Crippen molar-refractivity contribution in [1.82, 2.24) is 10.2 Å². The number of hydrogen-bond donors (Lipinski definition) is 3. The predicted octanol–water partition coefficient (Wildman–Crippen LogP) is 1.05. The van der Waals surface area contributed by atoms with Gasteiger partial charge in [-0.3, -0.25) is 9.82 Å². The summed E-state index contributed by atoms with van der Waals surface area (Å²) in [6, 6.07) is 3.87. The Balaban J connectivity index is 2.44. The molecular weight excluding hydrogens is 277 g/mol. The van der Waals surface area contributed by atoms with Crippen LogP contribution >= 0.6 is 0 Å². The molecule has 1 aromatic carbocycles. The Bertz CT molecular complexity index is 712. The fourth-order valence-electron chi connectivity index (χ4n) is 1.38. The lowest BCUT2D eigenvalue weighted by molar-refractivity contribution is 0.0698. The van der Waals surface area contributed by atoms with E-state index in [0.717, 1.165) is 18.2 Å². The molecule has 0 saturated carbocycles. The van der Waals surface area contributed by atoms with Gasteiger partial charge in [0.2, 0.25) is 0 Å². The van der Waals surface area contributed by atoms with Gasteiger partial charge >= 0.3 is 5.97 Å². The number of carboxylic acids is 1. The first kappa shape index (κ1) is 13.0. The van der Waals surface area contributed by atoms with Gasteiger partial charge in [0.1, 0.15) is 5.82 Å². The lowest BCUT2D eigenvalue weighted by Gasteiger charge is -2.09. The van der Waals surface area contributed by atoms with Crippen molar-refractivity contribution >= 4 is 21.7 Å². The molecule has 0 spiro atoms. The van der Waals surface area contributed by atoms with Crippen LogP contribution in [0, 0.1) is 5.82 Å². The molecule has 0 aliphatic heterocycles. The van der Waals surface area contributed by atoms with Crippen LogP contribution in [-0.4, -0.2) is 29.7 Å². The number of carboxylic acid groups (broad SMARTS) is 1. The molecule has 2 rings (SSSR count). The van der Waals surface area contributed by atoms with E-state index in [2.05, 4.69) is 10.2 Å². The average Bonchev–Trinajstić information content (AvgIpc) is 2.81. The van der Waals surface area contributed by atoms with Crippen LogP contribution in [0.15, 0.2) is 35.5 Å². The number of benzene rings is 1. The van der Waals surface area contributed by atoms with Crippen LogP contribution in [-0.2, 0) is 10.0 Å². The van der Waals surface area contributed by atoms with Crippen molar-refractivity contribution in [1.29, 1.82) is 0 Å². The molecule has 0 atom stereocenters. The van der Waals surface area contributed by atoms with Gasteiger partial charge < -0.3 is 5.11 Å². The fraction of sp³-hybridized carbons (Fsp3) is 0. The third-order valence-electron chi connectivity index (χ3n) is 2.22. The highest BCUT2D eigenvalue weighted by Gasteiger charge is 2.20. The minimum atomic E-state index is -4.04. The van der Waals surface area contributed by atoms with Gasteiger partial charge in [-0.1, -0.05) is 0 Å². The summed E-state index contributed by atoms with van der Waals surface area (Å²) in [5, 5.41) is 14.3. The van der Waals surface area contributed by atoms with Crippen LogP contribution in [0.1, 0.15) is 10.4 Å². The van der Waals surface area contributed by atoms with Crippen molar-refractivity contribution in [3.8, 4) is 0 Å². The number of carbonyl (C=O) groups is 1. The number of aromatic nitrogens is 2. The first-order valence-corrected chi connectivity index (χ1v) is 6.43. The second-order valence-electron chi connectivity index (χ2n) is 3.52. The van der Waals surface area contributed by atoms with Crippen LogP contribution in [0.25, 0.3) is 0 Å². The van der Waals surface area contributed by atoms with Gasteiger partial charge in [0.05, 0.1) is 17.4 Å². The summed E-state index contributed by atoms with van der Waals surface area (Å²) in [7, 11) is -4.04. The van der Waals surface area contributed by atoms with Crippen molar-refractivity contribution < 1.29 is 22.7 Å². The standard InChI is InChI=1S/C10H8FN3O4S/c11-6-1-2-7(10(15)16)8(5-6)14-19(17,18)9-3-4-12-13-9/h1-5,14H,(H,12,13)(H,15,16). The van der Waals surface area contributed by atoms with Crippen molar-refractivity contribution in [3.63, 3.8) is 0 Å². The SMILES string of the molecule is O=C(O)c1ccc(F)cc1NS(=O)(=O)c1ccn[nH]1. The summed E-state index contributed by atoms with van der Waals surface area (Å²) in [5.74, 6) is -2.13. The van der Waals surface area contributed by atoms with E-state index in [-0.39, 0.29) is 16.3 Å². The second kappa shape index (κ2) is 4.69. The molecule has 0 unspecified atom stereocenters. The van der Waals surface area contributed by atoms with Crippen LogP contribution in [0.2, 0.25) is 0 Å². The van der Waals surface area contributed by atoms with E-state index in [9.17, 15) is 17.6 Å². The minimum absolute atomic E-state index is 0.256. The Hall–Kier alpha value is -2.42. The number of hydrogen-bond acceptors (Lipinski definition) is 4. The number of H-pyrrole nitrogens is 1. The van der Waals surface area contributed by atoms with E-state index in [1.54, 1.807) is 0 Å². The molecule has 100 valence electrons. The van der Waals surface area contributed by atoms with Crippen molar-refractivity contribution in [2.24, 2.45) is 0 Å². The zero-order valence-corrected chi connectivity index (χ0v) is 10.1. The van der Waals surface area contributed by atoms with Gasteiger partial charge in [-0.15, -0.1) is 0 Å². The average molecular weight is 285 g/mol. The van der Waals surface area contributed by atoms with Gasteiger partial charge in [-0.25, -0.2) is 9.18 Å². The topological polar surface area (TPSA) is 112 Å². The number of rotatable bonds is 4. The Labute approximate surface area is 107 Å². The number of halogens is 1. The van der Waals surface area contributed by atoms with Crippen molar-refractivity contribution in [2.75, 3.05) is 4.72 Å². The number of sulfonamides is 1. The molecular formula is C10H8FN3O4S. The number of nitrogens with one attached hydrogen (secondary N) is 2. The molecule has 3 N–H and O–H groups in total. The summed E-state index contributed by atoms with van der Waals surface area (Å²) in [5.41, 5.74) is -0.716. The maximum absolute atomic E-state index is 13.1. The fourth-order valence-corrected chi connectivity index (χ4v) is 2.36. The van der Waals surface area contributed by atoms with Crippen LogP contribution in [0.3, 0.4) is 0 Å². The molecule has 0 bridgehead atoms. The summed E-state index contributed by atoms with van der Waals surface area (Å²) in [6.07, 6.45) is 1.22. The van der Waals surface area contributed by atoms with Gasteiger partial charge in [0.25, 0.3) is 10.0 Å². The summed E-state index contributed by atoms with van der Waals surface area (Å²) < 4.78 is 38.8. The minimum Gasteiger partial charge on any atom is -0.478 e. The summed E-state index contributed by atoms with van der Waals surface area (Å²) >= 11 is 0. The second-order valence-corrected chi connectivity index (χ2v) is 5.17. The first-order chi connectivity index (χ1) is 8.90. The number of nitrogens with zero attached hydrogens (tertiary/aromatic N) is 1. The zero-order chi connectivity index (χ0) is 14.0. The highest BCUT2D eigenvalue weighted by atomic mass is 32.2. The molecule has 2 aromatic rings. The highest BCUT2D eigenvalue weighted by molar-refractivity contribution is 7.92. The largest absolute Gasteiger partial charge is 0.478 e. The molecule has 0 aliphatic carbocycles. The van der Waals surface area contributed by atoms with Crippen LogP contribution < -0.4 is 4.72 Å². The van der Waals surface area contributed by atoms with E-state index >= 15 is 0 Å². The Morgan fingerprint density at radius 2 is 2.11 bits per heavy atom. The maximum atomic E-state index is 13.1. The molecule has 0 amide bonds. The third-order valence-corrected chi connectivity index (χ3v) is 3.52. The van der Waals surface area contributed by atoms with Crippen molar-refractivity contribution in [2.45, 2.75) is 5.03 Å². The lowest BCUT2D eigenvalue weighted by Crippen LogP contribution is -2.16. The number of aromatic carboxylic acids is 1. The molecule has 19 heavy (non-hydrogen) atoms. The molecule has 1 aromatic heterocycles. The van der Waals surface area contributed by atoms with E-state index < -0.39 is 21.8 Å². The maximum Gasteiger partial charge on any atom is 0.337 e. The monoisotopic (exact) mass is 285 g/mol. The van der Waals surface area contributed by atoms with Gasteiger partial charge in [-0.05, 0) is 24.3 Å². The third kappa shape index (κ3) is 2.71. The van der Waals surface area contributed by atoms with Gasteiger partial charge in [0.15, 0.2) is 5.03 Å². The molecule has 9 heteroatoms. The molecule has 1 heterocycles. The zero-order valence-electron chi connectivity index (χ0n) is 9.29. The van der Waals surface area contributed by atoms with Gasteiger partial charge in [-0.2, -0.15) is 13.5 Å². The molecule has 0 radical (unpaired) electrons. The Morgan fingerprint density at radius 3 is 2.68 bits per heavy atom. The van der Waals surface area contributed by atoms with Crippen LogP contribution in [0.4, 0.5) is 10.1 Å². The molecule has 0 aliphatic rings. The number of anilines is 1. The smallest absolute Gasteiger partial charge is 0.337 e. The van der Waals surface area contributed by atoms with E-state index in [4.69, 9.17) is 5.11 Å². The molecule has 7 nitrogen and oxygen atoms in total. The van der Waals surface area contributed by atoms with E-state index in [1.807, 2.05) is 4.72 Å². The summed E-state index contributed by atoms with van der Waals surface area (Å²) in [4.78, 5) is 10.9. The lowest BCUT2D eigenvalue weighted by atomic mass is 10.2. The highest BCUT2D eigenvalue weighted by Crippen LogP contribution is 2.20. The Kier molecular flexibility index (Phi) is 3.21. The molecule has 0 fully saturated rings. The predicted molar refractivity (Wildman–Crippen MR) is 62.8 cm³/mol. The van der Waals surface area contributed by atoms with Gasteiger partial charge in [0, 0.05) is 0 Å².